The zero-order valence-electron chi connectivity index (χ0n) is 10.7. The van der Waals surface area contributed by atoms with Crippen LogP contribution in [0.5, 0.6) is 0 Å². The van der Waals surface area contributed by atoms with Crippen molar-refractivity contribution >= 4 is 17.4 Å². The van der Waals surface area contributed by atoms with Gasteiger partial charge in [0, 0.05) is 13.6 Å². The van der Waals surface area contributed by atoms with E-state index in [0.29, 0.717) is 11.3 Å². The van der Waals surface area contributed by atoms with Crippen LogP contribution >= 0.6 is 0 Å². The molecular formula is C12H16N4O2. The second-order valence-corrected chi connectivity index (χ2v) is 4.23. The number of fused-ring (bicyclic) bond motifs is 1. The fourth-order valence-corrected chi connectivity index (χ4v) is 1.93. The number of imidazole rings is 1. The monoisotopic (exact) mass is 248 g/mol. The highest BCUT2D eigenvalue weighted by molar-refractivity contribution is 5.88. The first-order valence-electron chi connectivity index (χ1n) is 5.85. The molecule has 0 atom stereocenters. The molecule has 0 bridgehead atoms. The standard InChI is InChI=1S/C12H16N4O2/c1-4-7-15(3)10-6-5-9-13-8(2)11(12(17)18)16(9)14-10/h5-6H,4,7H2,1-3H3,(H,17,18). The van der Waals surface area contributed by atoms with Crippen molar-refractivity contribution in [2.24, 2.45) is 0 Å². The number of carboxylic acids is 1. The van der Waals surface area contributed by atoms with Gasteiger partial charge in [0.25, 0.3) is 0 Å². The van der Waals surface area contributed by atoms with Gasteiger partial charge in [-0.05, 0) is 25.5 Å². The molecule has 0 aliphatic carbocycles. The first-order valence-corrected chi connectivity index (χ1v) is 5.85. The predicted octanol–water partition coefficient (Wildman–Crippen LogP) is 1.58. The van der Waals surface area contributed by atoms with Crippen LogP contribution in [0.1, 0.15) is 29.5 Å². The molecule has 6 heteroatoms. The van der Waals surface area contributed by atoms with E-state index in [1.165, 1.54) is 4.52 Å². The molecule has 0 aliphatic heterocycles. The van der Waals surface area contributed by atoms with Crippen LogP contribution < -0.4 is 4.90 Å². The van der Waals surface area contributed by atoms with Gasteiger partial charge in [-0.2, -0.15) is 0 Å². The lowest BCUT2D eigenvalue weighted by Gasteiger charge is -2.16. The van der Waals surface area contributed by atoms with Gasteiger partial charge in [0.2, 0.25) is 0 Å². The third-order valence-corrected chi connectivity index (χ3v) is 2.79. The van der Waals surface area contributed by atoms with Gasteiger partial charge in [-0.1, -0.05) is 6.92 Å². The van der Waals surface area contributed by atoms with Gasteiger partial charge >= 0.3 is 5.97 Å². The average molecular weight is 248 g/mol. The normalized spacial score (nSPS) is 10.8. The van der Waals surface area contributed by atoms with Gasteiger partial charge in [0.1, 0.15) is 5.82 Å². The van der Waals surface area contributed by atoms with E-state index < -0.39 is 5.97 Å². The largest absolute Gasteiger partial charge is 0.476 e. The summed E-state index contributed by atoms with van der Waals surface area (Å²) in [4.78, 5) is 17.4. The van der Waals surface area contributed by atoms with Crippen molar-refractivity contribution < 1.29 is 9.90 Å². The summed E-state index contributed by atoms with van der Waals surface area (Å²) in [7, 11) is 1.93. The molecule has 0 saturated heterocycles. The quantitative estimate of drug-likeness (QED) is 0.889. The number of carboxylic acid groups (broad SMARTS) is 1. The third kappa shape index (κ3) is 2.01. The zero-order chi connectivity index (χ0) is 13.3. The van der Waals surface area contributed by atoms with Gasteiger partial charge in [-0.15, -0.1) is 5.10 Å². The van der Waals surface area contributed by atoms with Gasteiger partial charge in [0.05, 0.1) is 5.69 Å². The van der Waals surface area contributed by atoms with Crippen LogP contribution in [0.4, 0.5) is 5.82 Å². The van der Waals surface area contributed by atoms with Gasteiger partial charge < -0.3 is 10.0 Å². The SMILES string of the molecule is CCCN(C)c1ccc2nc(C)c(C(=O)O)n2n1. The highest BCUT2D eigenvalue weighted by Gasteiger charge is 2.17. The van der Waals surface area contributed by atoms with Gasteiger partial charge in [-0.3, -0.25) is 0 Å². The molecule has 0 radical (unpaired) electrons. The van der Waals surface area contributed by atoms with Crippen molar-refractivity contribution in [3.8, 4) is 0 Å². The molecule has 0 spiro atoms. The molecule has 0 aromatic carbocycles. The Hall–Kier alpha value is -2.11. The number of rotatable bonds is 4. The molecule has 2 rings (SSSR count). The van der Waals surface area contributed by atoms with Crippen LogP contribution in [0.25, 0.3) is 5.65 Å². The Kier molecular flexibility index (Phi) is 3.18. The number of aromatic nitrogens is 3. The maximum Gasteiger partial charge on any atom is 0.356 e. The predicted molar refractivity (Wildman–Crippen MR) is 68.2 cm³/mol. The Morgan fingerprint density at radius 3 is 2.83 bits per heavy atom. The van der Waals surface area contributed by atoms with E-state index in [1.54, 1.807) is 13.0 Å². The Morgan fingerprint density at radius 1 is 1.50 bits per heavy atom. The highest BCUT2D eigenvalue weighted by Crippen LogP contribution is 2.15. The summed E-state index contributed by atoms with van der Waals surface area (Å²) >= 11 is 0. The summed E-state index contributed by atoms with van der Waals surface area (Å²) in [6.07, 6.45) is 1.00. The lowest BCUT2D eigenvalue weighted by atomic mass is 10.3. The number of anilines is 1. The van der Waals surface area contributed by atoms with E-state index in [1.807, 2.05) is 18.0 Å². The van der Waals surface area contributed by atoms with Crippen molar-refractivity contribution in [3.05, 3.63) is 23.5 Å². The lowest BCUT2D eigenvalue weighted by Crippen LogP contribution is -2.20. The Labute approximate surface area is 105 Å². The summed E-state index contributed by atoms with van der Waals surface area (Å²) in [6.45, 7) is 4.63. The van der Waals surface area contributed by atoms with E-state index in [2.05, 4.69) is 17.0 Å². The number of aryl methyl sites for hydroxylation is 1. The first kappa shape index (κ1) is 12.3. The highest BCUT2D eigenvalue weighted by atomic mass is 16.4. The van der Waals surface area contributed by atoms with Gasteiger partial charge in [-0.25, -0.2) is 14.3 Å². The average Bonchev–Trinajstić information content (AvgIpc) is 2.64. The smallest absolute Gasteiger partial charge is 0.356 e. The molecule has 0 aliphatic rings. The Bertz CT molecular complexity index is 591. The minimum Gasteiger partial charge on any atom is -0.476 e. The van der Waals surface area contributed by atoms with Gasteiger partial charge in [0.15, 0.2) is 11.3 Å². The summed E-state index contributed by atoms with van der Waals surface area (Å²) in [5.74, 6) is -0.271. The van der Waals surface area contributed by atoms with E-state index in [0.717, 1.165) is 18.8 Å². The van der Waals surface area contributed by atoms with E-state index in [9.17, 15) is 9.90 Å². The Morgan fingerprint density at radius 2 is 2.22 bits per heavy atom. The van der Waals surface area contributed by atoms with Crippen LogP contribution in [0.3, 0.4) is 0 Å². The number of hydrogen-bond acceptors (Lipinski definition) is 4. The molecule has 0 unspecified atom stereocenters. The molecule has 2 heterocycles. The minimum absolute atomic E-state index is 0.122. The van der Waals surface area contributed by atoms with Crippen LogP contribution in [0.2, 0.25) is 0 Å². The number of hydrogen-bond donors (Lipinski definition) is 1. The van der Waals surface area contributed by atoms with E-state index >= 15 is 0 Å². The molecule has 96 valence electrons. The second kappa shape index (κ2) is 4.64. The molecule has 2 aromatic rings. The number of nitrogens with zero attached hydrogens (tertiary/aromatic N) is 4. The number of aromatic carboxylic acids is 1. The third-order valence-electron chi connectivity index (χ3n) is 2.79. The van der Waals surface area contributed by atoms with E-state index in [4.69, 9.17) is 0 Å². The van der Waals surface area contributed by atoms with Crippen LogP contribution in [-0.2, 0) is 0 Å². The zero-order valence-corrected chi connectivity index (χ0v) is 10.7. The molecule has 0 fully saturated rings. The van der Waals surface area contributed by atoms with Crippen molar-refractivity contribution in [1.29, 1.82) is 0 Å². The second-order valence-electron chi connectivity index (χ2n) is 4.23. The molecule has 0 amide bonds. The lowest BCUT2D eigenvalue weighted by molar-refractivity contribution is 0.0687. The summed E-state index contributed by atoms with van der Waals surface area (Å²) in [5.41, 5.74) is 1.15. The summed E-state index contributed by atoms with van der Waals surface area (Å²) < 4.78 is 1.39. The number of carbonyl (C=O) groups is 1. The maximum atomic E-state index is 11.2. The molecular weight excluding hydrogens is 232 g/mol. The summed E-state index contributed by atoms with van der Waals surface area (Å²) in [6, 6.07) is 3.64. The topological polar surface area (TPSA) is 70.7 Å². The Balaban J connectivity index is 2.55. The van der Waals surface area contributed by atoms with Crippen LogP contribution in [0, 0.1) is 6.92 Å². The van der Waals surface area contributed by atoms with Crippen LogP contribution in [-0.4, -0.2) is 39.3 Å². The van der Waals surface area contributed by atoms with Crippen molar-refractivity contribution in [1.82, 2.24) is 14.6 Å². The fraction of sp³-hybridized carbons (Fsp3) is 0.417. The van der Waals surface area contributed by atoms with Crippen molar-refractivity contribution in [2.45, 2.75) is 20.3 Å². The summed E-state index contributed by atoms with van der Waals surface area (Å²) in [5, 5.41) is 13.5. The first-order chi connectivity index (χ1) is 8.54. The molecule has 0 saturated carbocycles. The van der Waals surface area contributed by atoms with Crippen molar-refractivity contribution in [2.75, 3.05) is 18.5 Å². The fourth-order valence-electron chi connectivity index (χ4n) is 1.93. The molecule has 2 aromatic heterocycles. The molecule has 18 heavy (non-hydrogen) atoms. The van der Waals surface area contributed by atoms with Crippen LogP contribution in [0.15, 0.2) is 12.1 Å². The molecule has 6 nitrogen and oxygen atoms in total. The molecule has 1 N–H and O–H groups in total. The van der Waals surface area contributed by atoms with Crippen molar-refractivity contribution in [3.63, 3.8) is 0 Å². The minimum atomic E-state index is -1.01. The van der Waals surface area contributed by atoms with E-state index in [-0.39, 0.29) is 5.69 Å². The maximum absolute atomic E-state index is 11.2.